The van der Waals surface area contributed by atoms with Crippen LogP contribution in [0.5, 0.6) is 0 Å². The lowest BCUT2D eigenvalue weighted by atomic mass is 9.75. The number of hydrogen-bond donors (Lipinski definition) is 2. The molecular weight excluding hydrogens is 428 g/mol. The molecule has 3 atom stereocenters. The van der Waals surface area contributed by atoms with E-state index in [1.54, 1.807) is 6.07 Å². The molecule has 33 heavy (non-hydrogen) atoms. The lowest BCUT2D eigenvalue weighted by molar-refractivity contribution is 0.422. The summed E-state index contributed by atoms with van der Waals surface area (Å²) in [5, 5.41) is 3.77. The molecule has 0 aromatic heterocycles. The number of fused-ring (bicyclic) bond motifs is 3. The molecule has 1 heterocycles. The molecule has 0 radical (unpaired) electrons. The highest BCUT2D eigenvalue weighted by Gasteiger charge is 2.39. The molecule has 0 fully saturated rings. The van der Waals surface area contributed by atoms with Crippen molar-refractivity contribution in [3.8, 4) is 0 Å². The van der Waals surface area contributed by atoms with Crippen LogP contribution in [0.15, 0.2) is 77.7 Å². The number of allylic oxidation sites excluding steroid dienone is 2. The fraction of sp³-hybridized carbons (Fsp3) is 0.286. The SMILES string of the molecule is Cc1cc(C)c(C2Nc3ccc(S(=O)(=O)NCc4ccccc4)cc3C3C=CCC32)c(C)c1. The Morgan fingerprint density at radius 3 is 2.42 bits per heavy atom. The third-order valence-corrected chi connectivity index (χ3v) is 8.40. The van der Waals surface area contributed by atoms with E-state index >= 15 is 0 Å². The van der Waals surface area contributed by atoms with Crippen LogP contribution >= 0.6 is 0 Å². The lowest BCUT2D eigenvalue weighted by Gasteiger charge is -2.39. The van der Waals surface area contributed by atoms with Gasteiger partial charge in [-0.25, -0.2) is 13.1 Å². The van der Waals surface area contributed by atoms with Crippen LogP contribution in [0.25, 0.3) is 0 Å². The van der Waals surface area contributed by atoms with Gasteiger partial charge in [-0.2, -0.15) is 0 Å². The molecule has 3 aromatic carbocycles. The Labute approximate surface area is 196 Å². The van der Waals surface area contributed by atoms with Gasteiger partial charge in [0.2, 0.25) is 10.0 Å². The van der Waals surface area contributed by atoms with E-state index in [0.717, 1.165) is 23.2 Å². The Morgan fingerprint density at radius 1 is 0.970 bits per heavy atom. The molecule has 1 aliphatic heterocycles. The maximum absolute atomic E-state index is 13.0. The molecule has 2 aliphatic rings. The van der Waals surface area contributed by atoms with Gasteiger partial charge in [-0.3, -0.25) is 0 Å². The van der Waals surface area contributed by atoms with Crippen molar-refractivity contribution in [1.29, 1.82) is 0 Å². The summed E-state index contributed by atoms with van der Waals surface area (Å²) in [4.78, 5) is 0.319. The van der Waals surface area contributed by atoms with E-state index in [4.69, 9.17) is 0 Å². The van der Waals surface area contributed by atoms with Gasteiger partial charge in [-0.05, 0) is 79.1 Å². The van der Waals surface area contributed by atoms with Gasteiger partial charge in [0.05, 0.1) is 10.9 Å². The van der Waals surface area contributed by atoms with Crippen molar-refractivity contribution in [2.75, 3.05) is 5.32 Å². The quantitative estimate of drug-likeness (QED) is 0.467. The summed E-state index contributed by atoms with van der Waals surface area (Å²) in [7, 11) is -3.61. The van der Waals surface area contributed by atoms with E-state index in [9.17, 15) is 8.42 Å². The number of nitrogens with one attached hydrogen (secondary N) is 2. The molecule has 0 saturated carbocycles. The molecule has 3 unspecified atom stereocenters. The van der Waals surface area contributed by atoms with Gasteiger partial charge >= 0.3 is 0 Å². The summed E-state index contributed by atoms with van der Waals surface area (Å²) in [6.07, 6.45) is 5.48. The summed E-state index contributed by atoms with van der Waals surface area (Å²) in [5.41, 5.74) is 8.29. The molecule has 0 spiro atoms. The highest BCUT2D eigenvalue weighted by Crippen LogP contribution is 2.51. The highest BCUT2D eigenvalue weighted by atomic mass is 32.2. The molecule has 2 N–H and O–H groups in total. The first kappa shape index (κ1) is 21.9. The van der Waals surface area contributed by atoms with E-state index in [2.05, 4.69) is 55.1 Å². The number of rotatable bonds is 5. The van der Waals surface area contributed by atoms with Crippen LogP contribution in [0.1, 0.15) is 51.8 Å². The van der Waals surface area contributed by atoms with E-state index < -0.39 is 10.0 Å². The minimum absolute atomic E-state index is 0.204. The van der Waals surface area contributed by atoms with Crippen LogP contribution < -0.4 is 10.0 Å². The summed E-state index contributed by atoms with van der Waals surface area (Å²) < 4.78 is 28.8. The fourth-order valence-electron chi connectivity index (χ4n) is 5.56. The van der Waals surface area contributed by atoms with Crippen LogP contribution in [0.3, 0.4) is 0 Å². The average molecular weight is 459 g/mol. The van der Waals surface area contributed by atoms with Crippen molar-refractivity contribution in [2.24, 2.45) is 5.92 Å². The Bertz CT molecular complexity index is 1310. The van der Waals surface area contributed by atoms with E-state index in [1.807, 2.05) is 42.5 Å². The van der Waals surface area contributed by atoms with E-state index in [-0.39, 0.29) is 18.5 Å². The largest absolute Gasteiger partial charge is 0.378 e. The summed E-state index contributed by atoms with van der Waals surface area (Å²) >= 11 is 0. The summed E-state index contributed by atoms with van der Waals surface area (Å²) in [6.45, 7) is 6.80. The zero-order valence-electron chi connectivity index (χ0n) is 19.3. The Hall–Kier alpha value is -2.89. The van der Waals surface area contributed by atoms with Gasteiger partial charge in [0.25, 0.3) is 0 Å². The third kappa shape index (κ3) is 4.11. The molecule has 0 bridgehead atoms. The zero-order chi connectivity index (χ0) is 23.2. The van der Waals surface area contributed by atoms with Gasteiger partial charge in [-0.1, -0.05) is 60.2 Å². The number of aryl methyl sites for hydroxylation is 3. The van der Waals surface area contributed by atoms with Crippen LogP contribution in [0.4, 0.5) is 5.69 Å². The van der Waals surface area contributed by atoms with Crippen molar-refractivity contribution >= 4 is 15.7 Å². The average Bonchev–Trinajstić information content (AvgIpc) is 3.28. The van der Waals surface area contributed by atoms with Gasteiger partial charge in [-0.15, -0.1) is 0 Å². The Balaban J connectivity index is 1.47. The van der Waals surface area contributed by atoms with Gasteiger partial charge < -0.3 is 5.32 Å². The predicted octanol–water partition coefficient (Wildman–Crippen LogP) is 5.92. The van der Waals surface area contributed by atoms with Gasteiger partial charge in [0, 0.05) is 18.2 Å². The molecule has 1 aliphatic carbocycles. The topological polar surface area (TPSA) is 58.2 Å². The second-order valence-corrected chi connectivity index (χ2v) is 11.1. The summed E-state index contributed by atoms with van der Waals surface area (Å²) in [6, 6.07) is 19.8. The smallest absolute Gasteiger partial charge is 0.240 e. The maximum Gasteiger partial charge on any atom is 0.240 e. The lowest BCUT2D eigenvalue weighted by Crippen LogP contribution is -2.31. The van der Waals surface area contributed by atoms with Crippen LogP contribution in [-0.4, -0.2) is 8.42 Å². The van der Waals surface area contributed by atoms with Crippen molar-refractivity contribution in [1.82, 2.24) is 4.72 Å². The molecule has 0 amide bonds. The standard InChI is InChI=1S/C28H30N2O2S/c1-18-14-19(2)27(20(3)15-18)28-24-11-7-10-23(24)25-16-22(12-13-26(25)30-28)33(31,32)29-17-21-8-5-4-6-9-21/h4-10,12-16,23-24,28-30H,11,17H2,1-3H3. The molecule has 5 rings (SSSR count). The van der Waals surface area contributed by atoms with Crippen molar-refractivity contribution in [3.63, 3.8) is 0 Å². The molecule has 170 valence electrons. The van der Waals surface area contributed by atoms with Crippen molar-refractivity contribution in [2.45, 2.75) is 50.6 Å². The van der Waals surface area contributed by atoms with E-state index in [1.165, 1.54) is 22.3 Å². The minimum Gasteiger partial charge on any atom is -0.378 e. The highest BCUT2D eigenvalue weighted by molar-refractivity contribution is 7.89. The van der Waals surface area contributed by atoms with Crippen LogP contribution in [0.2, 0.25) is 0 Å². The predicted molar refractivity (Wildman–Crippen MR) is 134 cm³/mol. The molecule has 0 saturated heterocycles. The Morgan fingerprint density at radius 2 is 1.70 bits per heavy atom. The van der Waals surface area contributed by atoms with Crippen LogP contribution in [-0.2, 0) is 16.6 Å². The van der Waals surface area contributed by atoms with Crippen molar-refractivity contribution < 1.29 is 8.42 Å². The van der Waals surface area contributed by atoms with Gasteiger partial charge in [0.1, 0.15) is 0 Å². The van der Waals surface area contributed by atoms with E-state index in [0.29, 0.717) is 10.8 Å². The minimum atomic E-state index is -3.61. The number of benzene rings is 3. The molecular formula is C28H30N2O2S. The molecule has 4 nitrogen and oxygen atoms in total. The van der Waals surface area contributed by atoms with Crippen molar-refractivity contribution in [3.05, 3.63) is 106 Å². The normalized spacial score (nSPS) is 21.4. The first-order chi connectivity index (χ1) is 15.8. The first-order valence-electron chi connectivity index (χ1n) is 11.5. The van der Waals surface area contributed by atoms with Gasteiger partial charge in [0.15, 0.2) is 0 Å². The number of anilines is 1. The zero-order valence-corrected chi connectivity index (χ0v) is 20.1. The molecule has 5 heteroatoms. The second kappa shape index (κ2) is 8.47. The second-order valence-electron chi connectivity index (χ2n) is 9.35. The number of sulfonamides is 1. The first-order valence-corrected chi connectivity index (χ1v) is 13.0. The third-order valence-electron chi connectivity index (χ3n) is 7.00. The van der Waals surface area contributed by atoms with Crippen LogP contribution in [0, 0.1) is 26.7 Å². The number of hydrogen-bond acceptors (Lipinski definition) is 3. The fourth-order valence-corrected chi connectivity index (χ4v) is 6.62. The monoisotopic (exact) mass is 458 g/mol. The molecule has 3 aromatic rings. The maximum atomic E-state index is 13.0. The Kier molecular flexibility index (Phi) is 5.63. The summed E-state index contributed by atoms with van der Waals surface area (Å²) in [5.74, 6) is 0.573.